The van der Waals surface area contributed by atoms with E-state index in [-0.39, 0.29) is 61.6 Å². The van der Waals surface area contributed by atoms with E-state index in [9.17, 15) is 14.7 Å². The molecule has 0 spiro atoms. The molecule has 10 atom stereocenters. The van der Waals surface area contributed by atoms with Gasteiger partial charge >= 0.3 is 5.97 Å². The molecule has 4 heterocycles. The number of aliphatic hydroxyl groups excluding tert-OH is 1. The molecule has 0 aromatic heterocycles. The van der Waals surface area contributed by atoms with Gasteiger partial charge in [-0.05, 0) is 85.1 Å². The predicted molar refractivity (Wildman–Crippen MR) is 244 cm³/mol. The summed E-state index contributed by atoms with van der Waals surface area (Å²) in [5, 5.41) is 16.8. The summed E-state index contributed by atoms with van der Waals surface area (Å²) < 4.78 is 27.0. The number of nitrogens with one attached hydrogen (secondary N) is 2. The number of rotatable bonds is 11. The highest BCUT2D eigenvalue weighted by Gasteiger charge is 2.76. The van der Waals surface area contributed by atoms with Gasteiger partial charge in [-0.3, -0.25) is 19.2 Å². The summed E-state index contributed by atoms with van der Waals surface area (Å²) in [6.45, 7) is 7.32. The average Bonchev–Trinajstić information content (AvgIpc) is 3.59. The van der Waals surface area contributed by atoms with Crippen molar-refractivity contribution in [2.24, 2.45) is 22.7 Å². The monoisotopic (exact) mass is 893 g/mol. The zero-order valence-electron chi connectivity index (χ0n) is 37.8. The number of carbonyl (C=O) groups is 3. The average molecular weight is 894 g/mol. The first-order valence-electron chi connectivity index (χ1n) is 23.8. The van der Waals surface area contributed by atoms with Crippen LogP contribution in [0.2, 0.25) is 0 Å². The molecule has 1 unspecified atom stereocenters. The molecule has 7 aliphatic rings. The normalized spacial score (nSPS) is 34.0. The first-order chi connectivity index (χ1) is 31.9. The number of epoxide rings is 1. The van der Waals surface area contributed by atoms with E-state index in [0.717, 1.165) is 54.4 Å². The molecule has 2 bridgehead atoms. The van der Waals surface area contributed by atoms with Gasteiger partial charge in [0.05, 0.1) is 24.9 Å². The van der Waals surface area contributed by atoms with E-state index in [1.165, 1.54) is 5.57 Å². The Hall–Kier alpha value is -5.21. The van der Waals surface area contributed by atoms with Gasteiger partial charge in [0.25, 0.3) is 5.91 Å². The van der Waals surface area contributed by atoms with Crippen molar-refractivity contribution in [3.05, 3.63) is 148 Å². The third-order valence-corrected chi connectivity index (χ3v) is 16.0. The van der Waals surface area contributed by atoms with Crippen molar-refractivity contribution in [3.63, 3.8) is 0 Å². The van der Waals surface area contributed by atoms with E-state index in [0.29, 0.717) is 23.0 Å². The first-order valence-corrected chi connectivity index (χ1v) is 23.8. The Labute approximate surface area is 385 Å². The van der Waals surface area contributed by atoms with Gasteiger partial charge in [-0.15, -0.1) is 0 Å². The summed E-state index contributed by atoms with van der Waals surface area (Å²) in [7, 11) is 0. The van der Waals surface area contributed by atoms with Crippen LogP contribution < -0.4 is 10.6 Å². The van der Waals surface area contributed by atoms with Gasteiger partial charge in [0.2, 0.25) is 11.7 Å². The van der Waals surface area contributed by atoms with Gasteiger partial charge in [-0.2, -0.15) is 5.06 Å². The molecule has 4 aliphatic heterocycles. The highest BCUT2D eigenvalue weighted by molar-refractivity contribution is 5.95. The van der Waals surface area contributed by atoms with Gasteiger partial charge in [0.15, 0.2) is 6.04 Å². The second-order valence-corrected chi connectivity index (χ2v) is 20.4. The van der Waals surface area contributed by atoms with Crippen LogP contribution in [0.3, 0.4) is 0 Å². The summed E-state index contributed by atoms with van der Waals surface area (Å²) in [5.74, 6) is -1.55. The van der Waals surface area contributed by atoms with E-state index in [1.54, 1.807) is 23.3 Å². The summed E-state index contributed by atoms with van der Waals surface area (Å²) in [4.78, 5) is 49.9. The van der Waals surface area contributed by atoms with E-state index >= 15 is 4.79 Å². The lowest BCUT2D eigenvalue weighted by molar-refractivity contribution is -0.213. The number of allylic oxidation sites excluding steroid dienone is 1. The molecule has 344 valence electrons. The molecule has 4 aromatic carbocycles. The van der Waals surface area contributed by atoms with Gasteiger partial charge in [-0.25, -0.2) is 0 Å². The molecular weight excluding hydrogens is 835 g/mol. The van der Waals surface area contributed by atoms with Crippen molar-refractivity contribution in [1.29, 1.82) is 0 Å². The summed E-state index contributed by atoms with van der Waals surface area (Å²) in [6.07, 6.45) is 4.85. The van der Waals surface area contributed by atoms with E-state index in [2.05, 4.69) is 55.7 Å². The highest BCUT2D eigenvalue weighted by atomic mass is 16.8. The van der Waals surface area contributed by atoms with Crippen LogP contribution in [-0.2, 0) is 52.3 Å². The molecule has 0 radical (unpaired) electrons. The quantitative estimate of drug-likeness (QED) is 0.106. The van der Waals surface area contributed by atoms with E-state index < -0.39 is 47.6 Å². The molecular formula is C54H59N3O9. The third-order valence-electron chi connectivity index (χ3n) is 16.0. The van der Waals surface area contributed by atoms with E-state index in [1.807, 2.05) is 72.8 Å². The van der Waals surface area contributed by atoms with Crippen LogP contribution in [0, 0.1) is 22.7 Å². The van der Waals surface area contributed by atoms with Crippen LogP contribution in [0.15, 0.2) is 115 Å². The van der Waals surface area contributed by atoms with Gasteiger partial charge in [-0.1, -0.05) is 123 Å². The van der Waals surface area contributed by atoms with Crippen molar-refractivity contribution < 1.29 is 43.3 Å². The Balaban J connectivity index is 0.951. The first kappa shape index (κ1) is 43.4. The standard InChI is InChI=1S/C54H59N3O9/c1-51(2)29-40-35(21-22-43-52(3,63-43)24-23-41(40)51)28-34-14-10-11-15-37(34)32-57-46-49(60)62-42-30-53(46,50(61)56-31-33-13-12-16-36(27-33)48(59)55-25-26-58)47(66-57)45-44(42)64-54(65-45,38-17-6-4-7-18-38)39-19-8-5-9-20-39/h4-20,27-28,40-47,58H,21-26,29-32H2,1-3H3,(H,55,59)(H,56,61)/t40-,41-,42-,43?,44+,45+,46+,47-,52-,53+/m1/s1. The Kier molecular flexibility index (Phi) is 10.9. The highest BCUT2D eigenvalue weighted by Crippen LogP contribution is 2.61. The van der Waals surface area contributed by atoms with Gasteiger partial charge in [0.1, 0.15) is 29.8 Å². The Morgan fingerprint density at radius 1 is 0.833 bits per heavy atom. The lowest BCUT2D eigenvalue weighted by Gasteiger charge is -2.53. The number of esters is 1. The third kappa shape index (κ3) is 7.23. The second-order valence-electron chi connectivity index (χ2n) is 20.4. The number of amides is 2. The summed E-state index contributed by atoms with van der Waals surface area (Å²) in [6, 6.07) is 33.6. The number of fused-ring (bicyclic) bond motifs is 6. The lowest BCUT2D eigenvalue weighted by Crippen LogP contribution is -2.69. The summed E-state index contributed by atoms with van der Waals surface area (Å²) in [5.41, 5.74) is 4.92. The van der Waals surface area contributed by atoms with Crippen molar-refractivity contribution in [3.8, 4) is 0 Å². The number of carbonyl (C=O) groups excluding carboxylic acids is 3. The lowest BCUT2D eigenvalue weighted by atomic mass is 9.52. The minimum absolute atomic E-state index is 0.0145. The SMILES string of the molecule is CC1(C)C[C@@H]2C(=Cc3ccccc3CN3O[C@@H]4[C@H]5OC(c6ccccc6)(c6ccccc6)O[C@H]5[C@H]5C[C@]4(C(=O)NCc4cccc(C(=O)NCCO)c4)[C@@H]3C(=O)O5)CCC3O[C@]3(C)CC[C@H]21. The molecule has 4 aromatic rings. The number of aliphatic hydroxyl groups is 1. The fourth-order valence-electron chi connectivity index (χ4n) is 12.5. The van der Waals surface area contributed by atoms with Crippen LogP contribution in [0.5, 0.6) is 0 Å². The van der Waals surface area contributed by atoms with Crippen molar-refractivity contribution >= 4 is 23.9 Å². The van der Waals surface area contributed by atoms with Crippen LogP contribution in [0.25, 0.3) is 6.08 Å². The van der Waals surface area contributed by atoms with Crippen molar-refractivity contribution in [2.75, 3.05) is 13.2 Å². The topological polar surface area (TPSA) is 148 Å². The van der Waals surface area contributed by atoms with Crippen LogP contribution in [0.4, 0.5) is 0 Å². The molecule has 3 N–H and O–H groups in total. The smallest absolute Gasteiger partial charge is 0.327 e. The van der Waals surface area contributed by atoms with E-state index in [4.69, 9.17) is 23.8 Å². The maximum atomic E-state index is 15.3. The molecule has 7 fully saturated rings. The molecule has 66 heavy (non-hydrogen) atoms. The molecule has 11 rings (SSSR count). The predicted octanol–water partition coefficient (Wildman–Crippen LogP) is 6.99. The second kappa shape index (κ2) is 16.5. The maximum absolute atomic E-state index is 15.3. The van der Waals surface area contributed by atoms with Gasteiger partial charge in [0, 0.05) is 36.2 Å². The van der Waals surface area contributed by atoms with Crippen LogP contribution in [0.1, 0.15) is 97.5 Å². The van der Waals surface area contributed by atoms with Crippen LogP contribution >= 0.6 is 0 Å². The number of hydroxylamine groups is 2. The van der Waals surface area contributed by atoms with Gasteiger partial charge < -0.3 is 34.7 Å². The zero-order valence-corrected chi connectivity index (χ0v) is 37.8. The molecule has 2 amide bonds. The number of hydrogen-bond acceptors (Lipinski definition) is 10. The number of hydrogen-bond donors (Lipinski definition) is 3. The molecule has 4 saturated heterocycles. The minimum Gasteiger partial charge on any atom is -0.458 e. The molecule has 3 saturated carbocycles. The fourth-order valence-corrected chi connectivity index (χ4v) is 12.5. The van der Waals surface area contributed by atoms with Crippen molar-refractivity contribution in [1.82, 2.24) is 15.7 Å². The Morgan fingerprint density at radius 3 is 2.30 bits per heavy atom. The number of ether oxygens (including phenoxy) is 4. The largest absolute Gasteiger partial charge is 0.458 e. The number of nitrogens with zero attached hydrogens (tertiary/aromatic N) is 1. The Morgan fingerprint density at radius 2 is 1.56 bits per heavy atom. The maximum Gasteiger partial charge on any atom is 0.327 e. The minimum atomic E-state index is -1.43. The van der Waals surface area contributed by atoms with Crippen LogP contribution in [-0.4, -0.2) is 83.3 Å². The fraction of sp³-hybridized carbons (Fsp3) is 0.463. The molecule has 12 nitrogen and oxygen atoms in total. The van der Waals surface area contributed by atoms with Crippen molar-refractivity contribution in [2.45, 2.75) is 120 Å². The molecule has 3 aliphatic carbocycles. The molecule has 12 heteroatoms. The Bertz CT molecular complexity index is 2510. The number of benzene rings is 4. The summed E-state index contributed by atoms with van der Waals surface area (Å²) >= 11 is 0. The zero-order chi connectivity index (χ0) is 45.4.